The molecule has 0 atom stereocenters. The Morgan fingerprint density at radius 1 is 1.26 bits per heavy atom. The van der Waals surface area contributed by atoms with Gasteiger partial charge in [-0.25, -0.2) is 4.79 Å². The summed E-state index contributed by atoms with van der Waals surface area (Å²) in [6, 6.07) is 13.3. The monoisotopic (exact) mass is 328 g/mol. The summed E-state index contributed by atoms with van der Waals surface area (Å²) in [6.07, 6.45) is 0. The smallest absolute Gasteiger partial charge is 0.338 e. The normalized spacial score (nSPS) is 9.78. The minimum atomic E-state index is -0.588. The van der Waals surface area contributed by atoms with Crippen molar-refractivity contribution in [1.82, 2.24) is 0 Å². The molecule has 1 N–H and O–H groups in total. The second kappa shape index (κ2) is 7.43. The number of carbonyl (C=O) groups excluding carboxylic acids is 2. The molecule has 5 nitrogen and oxygen atoms in total. The molecule has 0 heterocycles. The standard InChI is InChI=1S/C17H13ClN2O3/c1-11-3-2-4-12(7-11)17(22)23-10-16(21)20-15-8-14(18)6-5-13(15)9-19/h2-8H,10H2,1H3,(H,20,21). The highest BCUT2D eigenvalue weighted by atomic mass is 35.5. The lowest BCUT2D eigenvalue weighted by molar-refractivity contribution is -0.119. The molecule has 2 rings (SSSR count). The predicted octanol–water partition coefficient (Wildman–Crippen LogP) is 3.32. The van der Waals surface area contributed by atoms with Crippen LogP contribution in [0.3, 0.4) is 0 Å². The Morgan fingerprint density at radius 3 is 2.74 bits per heavy atom. The number of hydrogen-bond acceptors (Lipinski definition) is 4. The molecular weight excluding hydrogens is 316 g/mol. The van der Waals surface area contributed by atoms with E-state index in [1.807, 2.05) is 19.1 Å². The summed E-state index contributed by atoms with van der Waals surface area (Å²) in [5.74, 6) is -1.14. The Bertz CT molecular complexity index is 797. The van der Waals surface area contributed by atoms with Gasteiger partial charge in [0.25, 0.3) is 5.91 Å². The molecule has 0 aliphatic carbocycles. The average Bonchev–Trinajstić information content (AvgIpc) is 2.53. The topological polar surface area (TPSA) is 79.2 Å². The number of nitriles is 1. The van der Waals surface area contributed by atoms with E-state index < -0.39 is 18.5 Å². The largest absolute Gasteiger partial charge is 0.452 e. The summed E-state index contributed by atoms with van der Waals surface area (Å²) in [6.45, 7) is 1.40. The van der Waals surface area contributed by atoms with Crippen LogP contribution in [0.15, 0.2) is 42.5 Å². The fourth-order valence-electron chi connectivity index (χ4n) is 1.89. The molecule has 2 aromatic rings. The molecule has 0 saturated carbocycles. The SMILES string of the molecule is Cc1cccc(C(=O)OCC(=O)Nc2cc(Cl)ccc2C#N)c1. The number of esters is 1. The maximum Gasteiger partial charge on any atom is 0.338 e. The summed E-state index contributed by atoms with van der Waals surface area (Å²) in [5.41, 5.74) is 1.84. The van der Waals surface area contributed by atoms with Crippen molar-refractivity contribution in [2.24, 2.45) is 0 Å². The Labute approximate surface area is 138 Å². The molecule has 0 fully saturated rings. The molecule has 0 saturated heterocycles. The van der Waals surface area contributed by atoms with Crippen molar-refractivity contribution in [3.63, 3.8) is 0 Å². The van der Waals surface area contributed by atoms with Gasteiger partial charge in [-0.05, 0) is 37.3 Å². The lowest BCUT2D eigenvalue weighted by Crippen LogP contribution is -2.21. The molecule has 0 radical (unpaired) electrons. The van der Waals surface area contributed by atoms with E-state index in [1.54, 1.807) is 24.3 Å². The van der Waals surface area contributed by atoms with Crippen LogP contribution < -0.4 is 5.32 Å². The van der Waals surface area contributed by atoms with E-state index in [9.17, 15) is 9.59 Å². The molecule has 1 amide bonds. The highest BCUT2D eigenvalue weighted by Crippen LogP contribution is 2.20. The van der Waals surface area contributed by atoms with Gasteiger partial charge in [-0.3, -0.25) is 4.79 Å². The summed E-state index contributed by atoms with van der Waals surface area (Å²) < 4.78 is 4.95. The van der Waals surface area contributed by atoms with E-state index in [0.717, 1.165) is 5.56 Å². The molecular formula is C17H13ClN2O3. The minimum absolute atomic E-state index is 0.271. The molecule has 0 bridgehead atoms. The van der Waals surface area contributed by atoms with Crippen molar-refractivity contribution in [3.05, 3.63) is 64.2 Å². The van der Waals surface area contributed by atoms with Gasteiger partial charge in [0.1, 0.15) is 6.07 Å². The van der Waals surface area contributed by atoms with Crippen molar-refractivity contribution >= 4 is 29.2 Å². The number of hydrogen-bond donors (Lipinski definition) is 1. The number of ether oxygens (including phenoxy) is 1. The fourth-order valence-corrected chi connectivity index (χ4v) is 2.06. The highest BCUT2D eigenvalue weighted by Gasteiger charge is 2.12. The van der Waals surface area contributed by atoms with E-state index in [2.05, 4.69) is 5.32 Å². The number of aryl methyl sites for hydroxylation is 1. The number of anilines is 1. The van der Waals surface area contributed by atoms with E-state index in [-0.39, 0.29) is 11.3 Å². The summed E-state index contributed by atoms with van der Waals surface area (Å²) in [4.78, 5) is 23.7. The van der Waals surface area contributed by atoms with Crippen LogP contribution in [0.5, 0.6) is 0 Å². The van der Waals surface area contributed by atoms with E-state index >= 15 is 0 Å². The third-order valence-corrected chi connectivity index (χ3v) is 3.20. The minimum Gasteiger partial charge on any atom is -0.452 e. The van der Waals surface area contributed by atoms with Crippen LogP contribution in [-0.2, 0) is 9.53 Å². The zero-order valence-electron chi connectivity index (χ0n) is 12.3. The lowest BCUT2D eigenvalue weighted by Gasteiger charge is -2.08. The Morgan fingerprint density at radius 2 is 2.04 bits per heavy atom. The molecule has 0 unspecified atom stereocenters. The Hall–Kier alpha value is -2.84. The van der Waals surface area contributed by atoms with Gasteiger partial charge in [0.2, 0.25) is 0 Å². The van der Waals surface area contributed by atoms with Crippen LogP contribution in [0.4, 0.5) is 5.69 Å². The van der Waals surface area contributed by atoms with Crippen molar-refractivity contribution < 1.29 is 14.3 Å². The molecule has 116 valence electrons. The average molecular weight is 329 g/mol. The van der Waals surface area contributed by atoms with Crippen molar-refractivity contribution in [3.8, 4) is 6.07 Å². The van der Waals surface area contributed by atoms with E-state index in [4.69, 9.17) is 21.6 Å². The van der Waals surface area contributed by atoms with Crippen LogP contribution in [0.1, 0.15) is 21.5 Å². The molecule has 0 aliphatic rings. The first-order chi connectivity index (χ1) is 11.0. The molecule has 0 spiro atoms. The highest BCUT2D eigenvalue weighted by molar-refractivity contribution is 6.31. The molecule has 0 aromatic heterocycles. The van der Waals surface area contributed by atoms with Crippen LogP contribution >= 0.6 is 11.6 Å². The lowest BCUT2D eigenvalue weighted by atomic mass is 10.1. The van der Waals surface area contributed by atoms with Crippen LogP contribution in [0.2, 0.25) is 5.02 Å². The first-order valence-corrected chi connectivity index (χ1v) is 7.10. The molecule has 2 aromatic carbocycles. The number of amides is 1. The van der Waals surface area contributed by atoms with Crippen LogP contribution in [-0.4, -0.2) is 18.5 Å². The first kappa shape index (κ1) is 16.5. The predicted molar refractivity (Wildman–Crippen MR) is 86.3 cm³/mol. The second-order valence-electron chi connectivity index (χ2n) is 4.80. The van der Waals surface area contributed by atoms with Gasteiger partial charge in [-0.1, -0.05) is 29.3 Å². The summed E-state index contributed by atoms with van der Waals surface area (Å²) in [7, 11) is 0. The van der Waals surface area contributed by atoms with E-state index in [1.165, 1.54) is 12.1 Å². The van der Waals surface area contributed by atoms with Crippen molar-refractivity contribution in [1.29, 1.82) is 5.26 Å². The third-order valence-electron chi connectivity index (χ3n) is 2.96. The number of nitrogens with one attached hydrogen (secondary N) is 1. The van der Waals surface area contributed by atoms with Gasteiger partial charge in [-0.15, -0.1) is 0 Å². The zero-order valence-corrected chi connectivity index (χ0v) is 13.1. The number of benzene rings is 2. The third kappa shape index (κ3) is 4.56. The van der Waals surface area contributed by atoms with Crippen molar-refractivity contribution in [2.75, 3.05) is 11.9 Å². The van der Waals surface area contributed by atoms with Gasteiger partial charge < -0.3 is 10.1 Å². The maximum atomic E-state index is 11.9. The Kier molecular flexibility index (Phi) is 5.34. The van der Waals surface area contributed by atoms with Gasteiger partial charge >= 0.3 is 5.97 Å². The number of halogens is 1. The Balaban J connectivity index is 1.97. The fraction of sp³-hybridized carbons (Fsp3) is 0.118. The maximum absolute atomic E-state index is 11.9. The molecule has 0 aliphatic heterocycles. The zero-order chi connectivity index (χ0) is 16.8. The van der Waals surface area contributed by atoms with Gasteiger partial charge in [0, 0.05) is 5.02 Å². The number of rotatable bonds is 4. The van der Waals surface area contributed by atoms with Crippen LogP contribution in [0, 0.1) is 18.3 Å². The summed E-state index contributed by atoms with van der Waals surface area (Å²) in [5, 5.41) is 11.9. The van der Waals surface area contributed by atoms with Gasteiger partial charge in [0.05, 0.1) is 16.8 Å². The number of carbonyl (C=O) groups is 2. The molecule has 6 heteroatoms. The van der Waals surface area contributed by atoms with Gasteiger partial charge in [-0.2, -0.15) is 5.26 Å². The quantitative estimate of drug-likeness (QED) is 0.873. The first-order valence-electron chi connectivity index (χ1n) is 6.73. The molecule has 23 heavy (non-hydrogen) atoms. The second-order valence-corrected chi connectivity index (χ2v) is 5.23. The van der Waals surface area contributed by atoms with E-state index in [0.29, 0.717) is 10.6 Å². The van der Waals surface area contributed by atoms with Crippen molar-refractivity contribution in [2.45, 2.75) is 6.92 Å². The van der Waals surface area contributed by atoms with Crippen LogP contribution in [0.25, 0.3) is 0 Å². The summed E-state index contributed by atoms with van der Waals surface area (Å²) >= 11 is 5.83. The number of nitrogens with zero attached hydrogens (tertiary/aromatic N) is 1. The van der Waals surface area contributed by atoms with Gasteiger partial charge in [0.15, 0.2) is 6.61 Å².